The van der Waals surface area contributed by atoms with Crippen molar-refractivity contribution in [1.82, 2.24) is 30.3 Å². The highest BCUT2D eigenvalue weighted by Gasteiger charge is 2.19. The van der Waals surface area contributed by atoms with Gasteiger partial charge in [-0.25, -0.2) is 4.68 Å². The summed E-state index contributed by atoms with van der Waals surface area (Å²) in [5.74, 6) is -0.308. The molecule has 2 N–H and O–H groups in total. The van der Waals surface area contributed by atoms with Crippen molar-refractivity contribution in [2.24, 2.45) is 0 Å². The molecule has 4 rings (SSSR count). The van der Waals surface area contributed by atoms with Crippen LogP contribution in [-0.4, -0.2) is 30.9 Å². The van der Waals surface area contributed by atoms with Gasteiger partial charge < -0.3 is 5.32 Å². The molecule has 0 aliphatic carbocycles. The number of carbonyl (C=O) groups excluding carboxylic acids is 1. The Hall–Kier alpha value is -3.96. The molecule has 1 atom stereocenters. The van der Waals surface area contributed by atoms with Crippen LogP contribution in [0.2, 0.25) is 5.02 Å². The van der Waals surface area contributed by atoms with Crippen molar-refractivity contribution in [3.8, 4) is 28.6 Å². The van der Waals surface area contributed by atoms with Crippen LogP contribution in [0.5, 0.6) is 0 Å². The lowest BCUT2D eigenvalue weighted by atomic mass is 10.0. The molecule has 0 radical (unpaired) electrons. The Labute approximate surface area is 189 Å². The zero-order valence-electron chi connectivity index (χ0n) is 17.5. The quantitative estimate of drug-likeness (QED) is 0.453. The second kappa shape index (κ2) is 9.04. The van der Waals surface area contributed by atoms with Gasteiger partial charge in [-0.05, 0) is 49.2 Å². The molecule has 4 aromatic rings. The van der Waals surface area contributed by atoms with Crippen LogP contribution >= 0.6 is 11.6 Å². The molecule has 0 unspecified atom stereocenters. The predicted molar refractivity (Wildman–Crippen MR) is 121 cm³/mol. The molecule has 0 bridgehead atoms. The summed E-state index contributed by atoms with van der Waals surface area (Å²) in [5.41, 5.74) is 4.60. The van der Waals surface area contributed by atoms with Crippen molar-refractivity contribution in [2.45, 2.75) is 26.4 Å². The van der Waals surface area contributed by atoms with Crippen LogP contribution in [0.25, 0.3) is 22.5 Å². The number of carbonyl (C=O) groups is 1. The maximum atomic E-state index is 12.8. The Morgan fingerprint density at radius 3 is 2.91 bits per heavy atom. The summed E-state index contributed by atoms with van der Waals surface area (Å²) in [4.78, 5) is 16.9. The van der Waals surface area contributed by atoms with E-state index in [1.807, 2.05) is 38.1 Å². The monoisotopic (exact) mass is 445 g/mol. The molecule has 0 aliphatic rings. The Balaban J connectivity index is 1.53. The van der Waals surface area contributed by atoms with Gasteiger partial charge in [-0.1, -0.05) is 24.6 Å². The second-order valence-corrected chi connectivity index (χ2v) is 7.58. The number of benzene rings is 1. The van der Waals surface area contributed by atoms with E-state index in [4.69, 9.17) is 16.9 Å². The molecule has 3 heterocycles. The van der Waals surface area contributed by atoms with E-state index in [1.54, 1.807) is 35.4 Å². The summed E-state index contributed by atoms with van der Waals surface area (Å²) in [6, 6.07) is 12.8. The van der Waals surface area contributed by atoms with Crippen molar-refractivity contribution in [2.75, 3.05) is 0 Å². The number of amides is 1. The fraction of sp³-hybridized carbons (Fsp3) is 0.174. The van der Waals surface area contributed by atoms with Gasteiger partial charge in [0.15, 0.2) is 5.69 Å². The van der Waals surface area contributed by atoms with E-state index in [1.165, 1.54) is 0 Å². The number of aromatic amines is 1. The highest BCUT2D eigenvalue weighted by Crippen LogP contribution is 2.30. The van der Waals surface area contributed by atoms with Crippen LogP contribution in [0.3, 0.4) is 0 Å². The van der Waals surface area contributed by atoms with Gasteiger partial charge in [0.05, 0.1) is 22.0 Å². The van der Waals surface area contributed by atoms with Gasteiger partial charge in [0.1, 0.15) is 12.2 Å². The minimum atomic E-state index is -0.357. The molecule has 9 heteroatoms. The largest absolute Gasteiger partial charge is 0.329 e. The van der Waals surface area contributed by atoms with E-state index in [0.29, 0.717) is 28.4 Å². The first-order valence-corrected chi connectivity index (χ1v) is 10.4. The van der Waals surface area contributed by atoms with E-state index in [0.717, 1.165) is 16.7 Å². The van der Waals surface area contributed by atoms with Crippen molar-refractivity contribution in [1.29, 1.82) is 5.26 Å². The molecular formula is C23H20ClN7O. The fourth-order valence-corrected chi connectivity index (χ4v) is 3.60. The summed E-state index contributed by atoms with van der Waals surface area (Å²) >= 11 is 6.30. The maximum Gasteiger partial charge on any atom is 0.273 e. The smallest absolute Gasteiger partial charge is 0.273 e. The summed E-state index contributed by atoms with van der Waals surface area (Å²) in [7, 11) is 0. The molecule has 1 amide bonds. The van der Waals surface area contributed by atoms with E-state index in [9.17, 15) is 4.79 Å². The topological polar surface area (TPSA) is 112 Å². The summed E-state index contributed by atoms with van der Waals surface area (Å²) < 4.78 is 1.70. The van der Waals surface area contributed by atoms with Crippen LogP contribution < -0.4 is 5.32 Å². The van der Waals surface area contributed by atoms with E-state index in [-0.39, 0.29) is 17.8 Å². The number of rotatable bonds is 6. The van der Waals surface area contributed by atoms with Crippen LogP contribution in [0, 0.1) is 18.3 Å². The number of nitrogens with one attached hydrogen (secondary N) is 2. The predicted octanol–water partition coefficient (Wildman–Crippen LogP) is 4.51. The number of halogens is 1. The molecule has 32 heavy (non-hydrogen) atoms. The Morgan fingerprint density at radius 2 is 2.19 bits per heavy atom. The molecule has 0 spiro atoms. The lowest BCUT2D eigenvalue weighted by Crippen LogP contribution is -2.32. The highest BCUT2D eigenvalue weighted by atomic mass is 35.5. The third-order valence-corrected chi connectivity index (χ3v) is 5.66. The SMILES string of the molecule is CC[C@H](NC(=O)c1cc(-c2cccnc2)[nH]n1)n1ccc(-c2ccc(C#N)c(Cl)c2C)n1. The van der Waals surface area contributed by atoms with Crippen LogP contribution in [-0.2, 0) is 0 Å². The first-order valence-electron chi connectivity index (χ1n) is 10.0. The third-order valence-electron chi connectivity index (χ3n) is 5.18. The standard InChI is InChI=1S/C23H20ClN7O/c1-3-21(27-23(32)20-11-19(28-29-20)16-5-4-9-26-13-16)31-10-8-18(30-31)17-7-6-15(12-25)22(24)14(17)2/h4-11,13,21H,3H2,1-2H3,(H,27,32)(H,28,29)/t21-/m1/s1. The van der Waals surface area contributed by atoms with Gasteiger partial charge in [0.25, 0.3) is 5.91 Å². The van der Waals surface area contributed by atoms with E-state index in [2.05, 4.69) is 31.7 Å². The number of pyridine rings is 1. The van der Waals surface area contributed by atoms with Gasteiger partial charge in [0, 0.05) is 29.7 Å². The summed E-state index contributed by atoms with van der Waals surface area (Å²) in [5, 5.41) is 24.2. The molecule has 0 fully saturated rings. The first-order chi connectivity index (χ1) is 15.5. The Bertz CT molecular complexity index is 1300. The fourth-order valence-electron chi connectivity index (χ4n) is 3.39. The van der Waals surface area contributed by atoms with Gasteiger partial charge in [-0.15, -0.1) is 0 Å². The Morgan fingerprint density at radius 1 is 1.34 bits per heavy atom. The third kappa shape index (κ3) is 4.11. The van der Waals surface area contributed by atoms with E-state index >= 15 is 0 Å². The summed E-state index contributed by atoms with van der Waals surface area (Å²) in [6.07, 6.45) is 5.46. The van der Waals surface area contributed by atoms with Crippen LogP contribution in [0.15, 0.2) is 55.0 Å². The van der Waals surface area contributed by atoms with Gasteiger partial charge in [-0.3, -0.25) is 14.9 Å². The van der Waals surface area contributed by atoms with Gasteiger partial charge >= 0.3 is 0 Å². The molecule has 0 saturated heterocycles. The van der Waals surface area contributed by atoms with Gasteiger partial charge in [0.2, 0.25) is 0 Å². The minimum Gasteiger partial charge on any atom is -0.329 e. The average Bonchev–Trinajstić information content (AvgIpc) is 3.50. The van der Waals surface area contributed by atoms with Crippen molar-refractivity contribution in [3.05, 3.63) is 76.8 Å². The highest BCUT2D eigenvalue weighted by molar-refractivity contribution is 6.32. The average molecular weight is 446 g/mol. The molecule has 0 aliphatic heterocycles. The molecular weight excluding hydrogens is 426 g/mol. The zero-order valence-corrected chi connectivity index (χ0v) is 18.3. The summed E-state index contributed by atoms with van der Waals surface area (Å²) in [6.45, 7) is 3.82. The molecule has 1 aromatic carbocycles. The number of hydrogen-bond acceptors (Lipinski definition) is 5. The number of hydrogen-bond donors (Lipinski definition) is 2. The number of H-pyrrole nitrogens is 1. The Kier molecular flexibility index (Phi) is 6.01. The number of aromatic nitrogens is 5. The van der Waals surface area contributed by atoms with Crippen LogP contribution in [0.4, 0.5) is 0 Å². The zero-order chi connectivity index (χ0) is 22.7. The maximum absolute atomic E-state index is 12.8. The minimum absolute atomic E-state index is 0.282. The van der Waals surface area contributed by atoms with Crippen molar-refractivity contribution >= 4 is 17.5 Å². The molecule has 8 nitrogen and oxygen atoms in total. The first kappa shape index (κ1) is 21.3. The normalized spacial score (nSPS) is 11.7. The lowest BCUT2D eigenvalue weighted by molar-refractivity contribution is 0.0908. The molecule has 160 valence electrons. The molecule has 3 aromatic heterocycles. The molecule has 0 saturated carbocycles. The van der Waals surface area contributed by atoms with Crippen molar-refractivity contribution < 1.29 is 4.79 Å². The second-order valence-electron chi connectivity index (χ2n) is 7.20. The van der Waals surface area contributed by atoms with Crippen LogP contribution in [0.1, 0.15) is 41.1 Å². The van der Waals surface area contributed by atoms with Crippen molar-refractivity contribution in [3.63, 3.8) is 0 Å². The van der Waals surface area contributed by atoms with Gasteiger partial charge in [-0.2, -0.15) is 15.5 Å². The number of nitrogens with zero attached hydrogens (tertiary/aromatic N) is 5. The lowest BCUT2D eigenvalue weighted by Gasteiger charge is -2.17. The van der Waals surface area contributed by atoms with E-state index < -0.39 is 0 Å². The number of nitriles is 1.